The average molecular weight is 389 g/mol. The number of para-hydroxylation sites is 1. The Balaban J connectivity index is 1.55. The van der Waals surface area contributed by atoms with Gasteiger partial charge in [-0.05, 0) is 26.8 Å². The first kappa shape index (κ1) is 20.3. The molecule has 0 bridgehead atoms. The third kappa shape index (κ3) is 4.88. The molecule has 7 heteroatoms. The van der Waals surface area contributed by atoms with Gasteiger partial charge in [0.15, 0.2) is 17.5 Å². The first-order valence-corrected chi connectivity index (χ1v) is 10.1. The summed E-state index contributed by atoms with van der Waals surface area (Å²) in [4.78, 5) is 20.3. The molecule has 1 aromatic carbocycles. The molecule has 2 aliphatic heterocycles. The van der Waals surface area contributed by atoms with Crippen LogP contribution < -0.4 is 14.8 Å². The standard InChI is InChI=1S/C21H32N4O3/c1-5-22-20(25-12-10-24(11-13-25)16(2)26)23-9-14-27-18-8-6-7-17-15-21(3,4)28-19(17)18/h6-8H,5,9-15H2,1-4H3,(H,22,23). The topological polar surface area (TPSA) is 66.4 Å². The van der Waals surface area contributed by atoms with E-state index in [0.29, 0.717) is 13.2 Å². The van der Waals surface area contributed by atoms with Gasteiger partial charge in [-0.2, -0.15) is 0 Å². The molecule has 1 aromatic rings. The van der Waals surface area contributed by atoms with Gasteiger partial charge < -0.3 is 24.6 Å². The molecule has 2 heterocycles. The number of hydrogen-bond acceptors (Lipinski definition) is 4. The third-order valence-electron chi connectivity index (χ3n) is 5.02. The van der Waals surface area contributed by atoms with Crippen molar-refractivity contribution in [1.29, 1.82) is 0 Å². The minimum atomic E-state index is -0.180. The monoisotopic (exact) mass is 388 g/mol. The number of carbonyl (C=O) groups is 1. The van der Waals surface area contributed by atoms with E-state index in [1.165, 1.54) is 5.56 Å². The second-order valence-electron chi connectivity index (χ2n) is 7.86. The lowest BCUT2D eigenvalue weighted by Crippen LogP contribution is -2.53. The van der Waals surface area contributed by atoms with Crippen LogP contribution in [0.15, 0.2) is 23.2 Å². The van der Waals surface area contributed by atoms with E-state index in [1.54, 1.807) is 6.92 Å². The largest absolute Gasteiger partial charge is 0.488 e. The second-order valence-corrected chi connectivity index (χ2v) is 7.86. The Kier molecular flexibility index (Phi) is 6.31. The van der Waals surface area contributed by atoms with Crippen molar-refractivity contribution in [2.24, 2.45) is 4.99 Å². The number of carbonyl (C=O) groups excluding carboxylic acids is 1. The lowest BCUT2D eigenvalue weighted by molar-refractivity contribution is -0.130. The van der Waals surface area contributed by atoms with Crippen molar-refractivity contribution in [3.05, 3.63) is 23.8 Å². The highest BCUT2D eigenvalue weighted by molar-refractivity contribution is 5.80. The van der Waals surface area contributed by atoms with Gasteiger partial charge in [0.1, 0.15) is 12.2 Å². The summed E-state index contributed by atoms with van der Waals surface area (Å²) >= 11 is 0. The number of piperazine rings is 1. The summed E-state index contributed by atoms with van der Waals surface area (Å²) in [7, 11) is 0. The molecular weight excluding hydrogens is 356 g/mol. The lowest BCUT2D eigenvalue weighted by Gasteiger charge is -2.36. The van der Waals surface area contributed by atoms with Crippen LogP contribution >= 0.6 is 0 Å². The number of guanidine groups is 1. The summed E-state index contributed by atoms with van der Waals surface area (Å²) in [6.07, 6.45) is 0.897. The molecule has 0 aliphatic carbocycles. The highest BCUT2D eigenvalue weighted by Crippen LogP contribution is 2.41. The van der Waals surface area contributed by atoms with E-state index < -0.39 is 0 Å². The number of nitrogens with zero attached hydrogens (tertiary/aromatic N) is 3. The maximum atomic E-state index is 11.5. The molecular formula is C21H32N4O3. The zero-order valence-corrected chi connectivity index (χ0v) is 17.5. The highest BCUT2D eigenvalue weighted by atomic mass is 16.5. The molecule has 154 valence electrons. The predicted octanol–water partition coefficient (Wildman–Crippen LogP) is 1.91. The average Bonchev–Trinajstić information content (AvgIpc) is 2.99. The number of amides is 1. The fourth-order valence-electron chi connectivity index (χ4n) is 3.67. The maximum Gasteiger partial charge on any atom is 0.219 e. The van der Waals surface area contributed by atoms with Gasteiger partial charge in [0.2, 0.25) is 5.91 Å². The maximum absolute atomic E-state index is 11.5. The number of benzene rings is 1. The summed E-state index contributed by atoms with van der Waals surface area (Å²) in [5.41, 5.74) is 1.02. The van der Waals surface area contributed by atoms with Crippen LogP contribution in [0, 0.1) is 0 Å². The first-order chi connectivity index (χ1) is 13.4. The van der Waals surface area contributed by atoms with Crippen LogP contribution in [0.4, 0.5) is 0 Å². The lowest BCUT2D eigenvalue weighted by atomic mass is 10.0. The number of aliphatic imine (C=N–C) groups is 1. The highest BCUT2D eigenvalue weighted by Gasteiger charge is 2.32. The number of nitrogens with one attached hydrogen (secondary N) is 1. The Hall–Kier alpha value is -2.44. The fraction of sp³-hybridized carbons (Fsp3) is 0.619. The molecule has 3 rings (SSSR count). The van der Waals surface area contributed by atoms with Crippen LogP contribution in [0.25, 0.3) is 0 Å². The molecule has 1 fully saturated rings. The summed E-state index contributed by atoms with van der Waals surface area (Å²) in [5, 5.41) is 3.34. The van der Waals surface area contributed by atoms with Crippen molar-refractivity contribution in [3.63, 3.8) is 0 Å². The van der Waals surface area contributed by atoms with Gasteiger partial charge in [0.05, 0.1) is 6.54 Å². The van der Waals surface area contributed by atoms with E-state index in [9.17, 15) is 4.79 Å². The molecule has 0 unspecified atom stereocenters. The van der Waals surface area contributed by atoms with Crippen LogP contribution in [-0.2, 0) is 11.2 Å². The molecule has 1 amide bonds. The van der Waals surface area contributed by atoms with E-state index in [2.05, 4.69) is 37.1 Å². The van der Waals surface area contributed by atoms with E-state index in [0.717, 1.165) is 56.6 Å². The van der Waals surface area contributed by atoms with Crippen molar-refractivity contribution in [1.82, 2.24) is 15.1 Å². The summed E-state index contributed by atoms with van der Waals surface area (Å²) in [6.45, 7) is 12.8. The molecule has 7 nitrogen and oxygen atoms in total. The predicted molar refractivity (Wildman–Crippen MR) is 110 cm³/mol. The molecule has 0 spiro atoms. The molecule has 28 heavy (non-hydrogen) atoms. The molecule has 2 aliphatic rings. The molecule has 1 saturated heterocycles. The SMILES string of the molecule is CCNC(=NCCOc1cccc2c1OC(C)(C)C2)N1CCN(C(C)=O)CC1. The van der Waals surface area contributed by atoms with E-state index >= 15 is 0 Å². The molecule has 1 N–H and O–H groups in total. The van der Waals surface area contributed by atoms with Gasteiger partial charge in [-0.25, -0.2) is 4.99 Å². The fourth-order valence-corrected chi connectivity index (χ4v) is 3.67. The van der Waals surface area contributed by atoms with Crippen molar-refractivity contribution < 1.29 is 14.3 Å². The van der Waals surface area contributed by atoms with Gasteiger partial charge in [0, 0.05) is 51.6 Å². The van der Waals surface area contributed by atoms with Crippen LogP contribution in [0.5, 0.6) is 11.5 Å². The minimum absolute atomic E-state index is 0.135. The number of ether oxygens (including phenoxy) is 2. The third-order valence-corrected chi connectivity index (χ3v) is 5.02. The van der Waals surface area contributed by atoms with E-state index in [-0.39, 0.29) is 11.5 Å². The van der Waals surface area contributed by atoms with Crippen molar-refractivity contribution in [3.8, 4) is 11.5 Å². The number of fused-ring (bicyclic) bond motifs is 1. The summed E-state index contributed by atoms with van der Waals surface area (Å²) in [6, 6.07) is 6.07. The quantitative estimate of drug-likeness (QED) is 0.474. The van der Waals surface area contributed by atoms with Gasteiger partial charge in [-0.3, -0.25) is 4.79 Å². The zero-order valence-electron chi connectivity index (χ0n) is 17.5. The van der Waals surface area contributed by atoms with E-state index in [4.69, 9.17) is 14.5 Å². The smallest absolute Gasteiger partial charge is 0.219 e. The van der Waals surface area contributed by atoms with Crippen LogP contribution in [0.2, 0.25) is 0 Å². The van der Waals surface area contributed by atoms with Gasteiger partial charge in [-0.15, -0.1) is 0 Å². The van der Waals surface area contributed by atoms with Gasteiger partial charge in [-0.1, -0.05) is 12.1 Å². The number of hydrogen-bond donors (Lipinski definition) is 1. The number of rotatable bonds is 5. The van der Waals surface area contributed by atoms with Gasteiger partial charge >= 0.3 is 0 Å². The summed E-state index contributed by atoms with van der Waals surface area (Å²) < 4.78 is 12.0. The van der Waals surface area contributed by atoms with Crippen molar-refractivity contribution in [2.45, 2.75) is 39.7 Å². The Morgan fingerprint density at radius 2 is 1.96 bits per heavy atom. The molecule has 0 saturated carbocycles. The molecule has 0 aromatic heterocycles. The second kappa shape index (κ2) is 8.71. The Labute approximate surface area is 167 Å². The van der Waals surface area contributed by atoms with E-state index in [1.807, 2.05) is 17.0 Å². The Morgan fingerprint density at radius 3 is 2.64 bits per heavy atom. The van der Waals surface area contributed by atoms with Crippen LogP contribution in [0.1, 0.15) is 33.3 Å². The first-order valence-electron chi connectivity index (χ1n) is 10.1. The molecule has 0 radical (unpaired) electrons. The van der Waals surface area contributed by atoms with Crippen LogP contribution in [-0.4, -0.2) is 73.1 Å². The minimum Gasteiger partial charge on any atom is -0.488 e. The normalized spacial score (nSPS) is 18.5. The summed E-state index contributed by atoms with van der Waals surface area (Å²) in [5.74, 6) is 2.67. The van der Waals surface area contributed by atoms with Crippen LogP contribution in [0.3, 0.4) is 0 Å². The van der Waals surface area contributed by atoms with Gasteiger partial charge in [0.25, 0.3) is 0 Å². The Morgan fingerprint density at radius 1 is 1.25 bits per heavy atom. The van der Waals surface area contributed by atoms with Crippen molar-refractivity contribution >= 4 is 11.9 Å². The Bertz CT molecular complexity index is 724. The zero-order chi connectivity index (χ0) is 20.1. The molecule has 0 atom stereocenters. The van der Waals surface area contributed by atoms with Crippen molar-refractivity contribution in [2.75, 3.05) is 45.9 Å².